The molecule has 1 aliphatic heterocycles. The quantitative estimate of drug-likeness (QED) is 0.872. The molecule has 102 valence electrons. The van der Waals surface area contributed by atoms with Crippen molar-refractivity contribution >= 4 is 11.7 Å². The van der Waals surface area contributed by atoms with Crippen LogP contribution < -0.4 is 5.32 Å². The third-order valence-corrected chi connectivity index (χ3v) is 3.38. The predicted octanol–water partition coefficient (Wildman–Crippen LogP) is 2.91. The fourth-order valence-corrected chi connectivity index (χ4v) is 2.30. The summed E-state index contributed by atoms with van der Waals surface area (Å²) in [5, 5.41) is 3.12. The van der Waals surface area contributed by atoms with Gasteiger partial charge < -0.3 is 10.1 Å². The number of esters is 1. The Morgan fingerprint density at radius 1 is 1.20 bits per heavy atom. The molecule has 0 aliphatic carbocycles. The zero-order valence-electron chi connectivity index (χ0n) is 10.8. The third kappa shape index (κ3) is 2.50. The van der Waals surface area contributed by atoms with Gasteiger partial charge in [-0.3, -0.25) is 0 Å². The first-order chi connectivity index (χ1) is 9.74. The maximum absolute atomic E-state index is 13.4. The van der Waals surface area contributed by atoms with Crippen molar-refractivity contribution in [2.45, 2.75) is 19.1 Å². The van der Waals surface area contributed by atoms with E-state index in [1.165, 1.54) is 6.07 Å². The number of hydrogen-bond acceptors (Lipinski definition) is 3. The molecule has 1 aliphatic rings. The SMILES string of the molecule is O=C(OCc1ccccc1F)[C@@H]1Cc2ccccc2N1. The number of hydrogen-bond donors (Lipinski definition) is 1. The van der Waals surface area contributed by atoms with E-state index in [1.54, 1.807) is 18.2 Å². The Hall–Kier alpha value is -2.36. The Balaban J connectivity index is 1.61. The van der Waals surface area contributed by atoms with E-state index in [-0.39, 0.29) is 24.4 Å². The molecule has 0 unspecified atom stereocenters. The molecule has 0 fully saturated rings. The average Bonchev–Trinajstić information content (AvgIpc) is 2.90. The first-order valence-electron chi connectivity index (χ1n) is 6.48. The summed E-state index contributed by atoms with van der Waals surface area (Å²) >= 11 is 0. The molecule has 1 N–H and O–H groups in total. The Morgan fingerprint density at radius 3 is 2.75 bits per heavy atom. The lowest BCUT2D eigenvalue weighted by Crippen LogP contribution is -2.29. The first-order valence-corrected chi connectivity index (χ1v) is 6.48. The van der Waals surface area contributed by atoms with Gasteiger partial charge in [0.05, 0.1) is 0 Å². The van der Waals surface area contributed by atoms with E-state index in [4.69, 9.17) is 4.74 Å². The van der Waals surface area contributed by atoms with E-state index in [0.717, 1.165) is 11.3 Å². The van der Waals surface area contributed by atoms with Gasteiger partial charge in [0.15, 0.2) is 0 Å². The molecule has 0 amide bonds. The highest BCUT2D eigenvalue weighted by atomic mass is 19.1. The van der Waals surface area contributed by atoms with Crippen LogP contribution in [0.15, 0.2) is 48.5 Å². The maximum atomic E-state index is 13.4. The minimum atomic E-state index is -0.390. The van der Waals surface area contributed by atoms with Gasteiger partial charge in [0, 0.05) is 17.7 Å². The number of halogens is 1. The molecule has 0 saturated heterocycles. The molecule has 3 rings (SSSR count). The second kappa shape index (κ2) is 5.33. The summed E-state index contributed by atoms with van der Waals surface area (Å²) in [6.45, 7) is -0.0416. The van der Waals surface area contributed by atoms with Crippen LogP contribution in [-0.2, 0) is 22.6 Å². The summed E-state index contributed by atoms with van der Waals surface area (Å²) in [6, 6.07) is 13.7. The number of benzene rings is 2. The zero-order chi connectivity index (χ0) is 13.9. The van der Waals surface area contributed by atoms with Crippen LogP contribution in [0.3, 0.4) is 0 Å². The normalized spacial score (nSPS) is 16.4. The molecule has 20 heavy (non-hydrogen) atoms. The smallest absolute Gasteiger partial charge is 0.329 e. The van der Waals surface area contributed by atoms with Crippen LogP contribution in [0.4, 0.5) is 10.1 Å². The van der Waals surface area contributed by atoms with Gasteiger partial charge in [-0.15, -0.1) is 0 Å². The molecule has 0 aromatic heterocycles. The van der Waals surface area contributed by atoms with E-state index in [9.17, 15) is 9.18 Å². The molecule has 1 heterocycles. The standard InChI is InChI=1S/C16H14FNO2/c17-13-7-3-1-6-12(13)10-20-16(19)15-9-11-5-2-4-8-14(11)18-15/h1-8,15,18H,9-10H2/t15-/m0/s1. The van der Waals surface area contributed by atoms with E-state index < -0.39 is 0 Å². The van der Waals surface area contributed by atoms with Crippen LogP contribution in [0.1, 0.15) is 11.1 Å². The summed E-state index contributed by atoms with van der Waals surface area (Å²) in [6.07, 6.45) is 0.603. The molecule has 0 spiro atoms. The van der Waals surface area contributed by atoms with Crippen LogP contribution in [0.5, 0.6) is 0 Å². The van der Waals surface area contributed by atoms with Crippen molar-refractivity contribution in [3.8, 4) is 0 Å². The van der Waals surface area contributed by atoms with Crippen LogP contribution in [0.25, 0.3) is 0 Å². The van der Waals surface area contributed by atoms with Gasteiger partial charge in [0.2, 0.25) is 0 Å². The molecular weight excluding hydrogens is 257 g/mol. The first kappa shape index (κ1) is 12.7. The van der Waals surface area contributed by atoms with Gasteiger partial charge in [-0.2, -0.15) is 0 Å². The number of ether oxygens (including phenoxy) is 1. The molecule has 0 radical (unpaired) electrons. The van der Waals surface area contributed by atoms with Gasteiger partial charge in [0.1, 0.15) is 18.5 Å². The maximum Gasteiger partial charge on any atom is 0.329 e. The lowest BCUT2D eigenvalue weighted by Gasteiger charge is -2.11. The summed E-state index contributed by atoms with van der Waals surface area (Å²) in [5.74, 6) is -0.715. The number of fused-ring (bicyclic) bond motifs is 1. The lowest BCUT2D eigenvalue weighted by molar-refractivity contribution is -0.145. The van der Waals surface area contributed by atoms with Crippen molar-refractivity contribution in [2.75, 3.05) is 5.32 Å². The van der Waals surface area contributed by atoms with Crippen LogP contribution in [0, 0.1) is 5.82 Å². The fraction of sp³-hybridized carbons (Fsp3) is 0.188. The van der Waals surface area contributed by atoms with Crippen molar-refractivity contribution < 1.29 is 13.9 Å². The number of anilines is 1. The summed E-state index contributed by atoms with van der Waals surface area (Å²) in [7, 11) is 0. The monoisotopic (exact) mass is 271 g/mol. The van der Waals surface area contributed by atoms with Crippen molar-refractivity contribution in [1.82, 2.24) is 0 Å². The van der Waals surface area contributed by atoms with Gasteiger partial charge in [0.25, 0.3) is 0 Å². The molecule has 2 aromatic rings. The van der Waals surface area contributed by atoms with Crippen LogP contribution in [0.2, 0.25) is 0 Å². The molecule has 4 heteroatoms. The predicted molar refractivity (Wildman–Crippen MR) is 73.8 cm³/mol. The number of carbonyl (C=O) groups excluding carboxylic acids is 1. The van der Waals surface area contributed by atoms with E-state index in [1.807, 2.05) is 24.3 Å². The van der Waals surface area contributed by atoms with Crippen LogP contribution in [-0.4, -0.2) is 12.0 Å². The Morgan fingerprint density at radius 2 is 1.95 bits per heavy atom. The molecule has 3 nitrogen and oxygen atoms in total. The van der Waals surface area contributed by atoms with Gasteiger partial charge in [-0.05, 0) is 17.7 Å². The number of para-hydroxylation sites is 1. The Bertz CT molecular complexity index is 617. The summed E-state index contributed by atoms with van der Waals surface area (Å²) < 4.78 is 18.6. The van der Waals surface area contributed by atoms with Crippen molar-refractivity contribution in [3.05, 3.63) is 65.5 Å². The van der Waals surface area contributed by atoms with Crippen molar-refractivity contribution in [2.24, 2.45) is 0 Å². The number of rotatable bonds is 3. The topological polar surface area (TPSA) is 38.3 Å². The second-order valence-electron chi connectivity index (χ2n) is 4.76. The fourth-order valence-electron chi connectivity index (χ4n) is 2.30. The van der Waals surface area contributed by atoms with Crippen molar-refractivity contribution in [1.29, 1.82) is 0 Å². The lowest BCUT2D eigenvalue weighted by atomic mass is 10.1. The van der Waals surface area contributed by atoms with E-state index in [0.29, 0.717) is 12.0 Å². The molecule has 0 bridgehead atoms. The van der Waals surface area contributed by atoms with Gasteiger partial charge in [-0.1, -0.05) is 36.4 Å². The molecule has 1 atom stereocenters. The highest BCUT2D eigenvalue weighted by molar-refractivity contribution is 5.82. The minimum Gasteiger partial charge on any atom is -0.459 e. The Labute approximate surface area is 116 Å². The second-order valence-corrected chi connectivity index (χ2v) is 4.76. The third-order valence-electron chi connectivity index (χ3n) is 3.38. The van der Waals surface area contributed by atoms with E-state index in [2.05, 4.69) is 5.32 Å². The number of carbonyl (C=O) groups is 1. The minimum absolute atomic E-state index is 0.0416. The Kier molecular flexibility index (Phi) is 3.37. The molecular formula is C16H14FNO2. The number of nitrogens with one attached hydrogen (secondary N) is 1. The zero-order valence-corrected chi connectivity index (χ0v) is 10.8. The summed E-state index contributed by atoms with van der Waals surface area (Å²) in [5.41, 5.74) is 2.44. The largest absolute Gasteiger partial charge is 0.459 e. The summed E-state index contributed by atoms with van der Waals surface area (Å²) in [4.78, 5) is 12.0. The highest BCUT2D eigenvalue weighted by Crippen LogP contribution is 2.25. The van der Waals surface area contributed by atoms with Crippen LogP contribution >= 0.6 is 0 Å². The average molecular weight is 271 g/mol. The van der Waals surface area contributed by atoms with Gasteiger partial charge in [-0.25, -0.2) is 9.18 Å². The molecule has 2 aromatic carbocycles. The van der Waals surface area contributed by atoms with Crippen molar-refractivity contribution in [3.63, 3.8) is 0 Å². The highest BCUT2D eigenvalue weighted by Gasteiger charge is 2.27. The van der Waals surface area contributed by atoms with E-state index >= 15 is 0 Å². The molecule has 0 saturated carbocycles. The van der Waals surface area contributed by atoms with Gasteiger partial charge >= 0.3 is 5.97 Å².